The largest absolute Gasteiger partial charge is 0.368 e. The minimum absolute atomic E-state index is 0.236. The van der Waals surface area contributed by atoms with Crippen molar-refractivity contribution in [1.82, 2.24) is 10.2 Å². The molecule has 0 saturated heterocycles. The van der Waals surface area contributed by atoms with Gasteiger partial charge in [-0.25, -0.2) is 0 Å². The predicted octanol–water partition coefficient (Wildman–Crippen LogP) is -0.989. The summed E-state index contributed by atoms with van der Waals surface area (Å²) >= 11 is 0. The van der Waals surface area contributed by atoms with Crippen LogP contribution in [0.15, 0.2) is 0 Å². The summed E-state index contributed by atoms with van der Waals surface area (Å²) in [5.41, 5.74) is 5.12. The number of likely N-dealkylation sites (N-methyl/N-ethyl adjacent to an activating group) is 2. The lowest BCUT2D eigenvalue weighted by atomic mass is 10.2. The van der Waals surface area contributed by atoms with Crippen molar-refractivity contribution in [3.05, 3.63) is 0 Å². The average Bonchev–Trinajstić information content (AvgIpc) is 1.99. The van der Waals surface area contributed by atoms with Gasteiger partial charge < -0.3 is 16.0 Å². The quantitative estimate of drug-likeness (QED) is 0.541. The van der Waals surface area contributed by atoms with Crippen molar-refractivity contribution in [2.24, 2.45) is 5.73 Å². The van der Waals surface area contributed by atoms with E-state index in [1.807, 2.05) is 18.9 Å². The van der Waals surface area contributed by atoms with E-state index in [4.69, 9.17) is 5.73 Å². The van der Waals surface area contributed by atoms with Crippen LogP contribution < -0.4 is 11.1 Å². The molecular weight excluding hydrogens is 142 g/mol. The highest BCUT2D eigenvalue weighted by Gasteiger charge is 2.13. The summed E-state index contributed by atoms with van der Waals surface area (Å²) in [6, 6.07) is -0.236. The summed E-state index contributed by atoms with van der Waals surface area (Å²) in [5.74, 6) is -0.298. The van der Waals surface area contributed by atoms with Gasteiger partial charge in [0.2, 0.25) is 5.91 Å². The van der Waals surface area contributed by atoms with E-state index in [0.29, 0.717) is 6.54 Å². The van der Waals surface area contributed by atoms with Gasteiger partial charge in [-0.2, -0.15) is 0 Å². The van der Waals surface area contributed by atoms with Crippen LogP contribution in [0.3, 0.4) is 0 Å². The Kier molecular flexibility index (Phi) is 4.81. The number of nitrogens with zero attached hydrogens (tertiary/aromatic N) is 1. The lowest BCUT2D eigenvalue weighted by Gasteiger charge is -2.19. The lowest BCUT2D eigenvalue weighted by Crippen LogP contribution is -2.46. The van der Waals surface area contributed by atoms with Crippen molar-refractivity contribution in [1.29, 1.82) is 0 Å². The molecule has 0 fully saturated rings. The molecule has 4 nitrogen and oxygen atoms in total. The van der Waals surface area contributed by atoms with Gasteiger partial charge in [0.1, 0.15) is 0 Å². The molecule has 66 valence electrons. The van der Waals surface area contributed by atoms with Crippen LogP contribution in [0.25, 0.3) is 0 Å². The summed E-state index contributed by atoms with van der Waals surface area (Å²) in [7, 11) is 3.69. The average molecular weight is 159 g/mol. The molecule has 4 heteroatoms. The second-order valence-electron chi connectivity index (χ2n) is 2.60. The molecule has 1 amide bonds. The molecule has 0 aromatic heterocycles. The number of primary amides is 1. The van der Waals surface area contributed by atoms with Crippen molar-refractivity contribution in [2.45, 2.75) is 13.0 Å². The molecule has 0 bridgehead atoms. The summed E-state index contributed by atoms with van der Waals surface area (Å²) in [4.78, 5) is 12.7. The van der Waals surface area contributed by atoms with E-state index < -0.39 is 0 Å². The number of carbonyl (C=O) groups is 1. The maximum atomic E-state index is 10.7. The van der Waals surface area contributed by atoms with E-state index >= 15 is 0 Å². The van der Waals surface area contributed by atoms with E-state index in [1.165, 1.54) is 0 Å². The molecule has 0 saturated carbocycles. The number of hydrogen-bond acceptors (Lipinski definition) is 3. The SMILES string of the molecule is CCN(C)CC(NC)C(N)=O. The highest BCUT2D eigenvalue weighted by Crippen LogP contribution is 1.86. The van der Waals surface area contributed by atoms with Gasteiger partial charge in [-0.05, 0) is 20.6 Å². The molecule has 0 aromatic carbocycles. The van der Waals surface area contributed by atoms with Crippen molar-refractivity contribution in [3.63, 3.8) is 0 Å². The topological polar surface area (TPSA) is 58.4 Å². The normalized spacial score (nSPS) is 13.5. The first kappa shape index (κ1) is 10.4. The Morgan fingerprint density at radius 3 is 2.55 bits per heavy atom. The van der Waals surface area contributed by atoms with E-state index in [0.717, 1.165) is 6.54 Å². The fraction of sp³-hybridized carbons (Fsp3) is 0.857. The van der Waals surface area contributed by atoms with Crippen molar-refractivity contribution < 1.29 is 4.79 Å². The van der Waals surface area contributed by atoms with Crippen LogP contribution in [0.1, 0.15) is 6.92 Å². The van der Waals surface area contributed by atoms with E-state index in [9.17, 15) is 4.79 Å². The maximum Gasteiger partial charge on any atom is 0.235 e. The van der Waals surface area contributed by atoms with Crippen molar-refractivity contribution in [2.75, 3.05) is 27.2 Å². The Morgan fingerprint density at radius 2 is 2.27 bits per heavy atom. The fourth-order valence-corrected chi connectivity index (χ4v) is 0.764. The molecular formula is C7H17N3O. The van der Waals surface area contributed by atoms with Gasteiger partial charge in [0.05, 0.1) is 6.04 Å². The van der Waals surface area contributed by atoms with Gasteiger partial charge >= 0.3 is 0 Å². The Morgan fingerprint density at radius 1 is 1.73 bits per heavy atom. The highest BCUT2D eigenvalue weighted by atomic mass is 16.1. The number of nitrogens with two attached hydrogens (primary N) is 1. The summed E-state index contributed by atoms with van der Waals surface area (Å²) < 4.78 is 0. The van der Waals surface area contributed by atoms with Crippen LogP contribution in [0.4, 0.5) is 0 Å². The molecule has 0 spiro atoms. The zero-order valence-electron chi connectivity index (χ0n) is 7.42. The molecule has 1 atom stereocenters. The van der Waals surface area contributed by atoms with E-state index in [-0.39, 0.29) is 11.9 Å². The molecule has 1 unspecified atom stereocenters. The van der Waals surface area contributed by atoms with E-state index in [2.05, 4.69) is 5.32 Å². The Balaban J connectivity index is 3.77. The minimum Gasteiger partial charge on any atom is -0.368 e. The zero-order valence-corrected chi connectivity index (χ0v) is 7.42. The minimum atomic E-state index is -0.298. The van der Waals surface area contributed by atoms with Crippen LogP contribution in [0.2, 0.25) is 0 Å². The van der Waals surface area contributed by atoms with Crippen LogP contribution in [0.5, 0.6) is 0 Å². The smallest absolute Gasteiger partial charge is 0.235 e. The predicted molar refractivity (Wildman–Crippen MR) is 45.2 cm³/mol. The first-order chi connectivity index (χ1) is 5.11. The molecule has 3 N–H and O–H groups in total. The maximum absolute atomic E-state index is 10.7. The summed E-state index contributed by atoms with van der Waals surface area (Å²) in [6.07, 6.45) is 0. The summed E-state index contributed by atoms with van der Waals surface area (Å²) in [5, 5.41) is 2.85. The Hall–Kier alpha value is -0.610. The van der Waals surface area contributed by atoms with Gasteiger partial charge in [-0.15, -0.1) is 0 Å². The summed E-state index contributed by atoms with van der Waals surface area (Å²) in [6.45, 7) is 3.63. The van der Waals surface area contributed by atoms with E-state index in [1.54, 1.807) is 7.05 Å². The molecule has 0 aromatic rings. The molecule has 0 heterocycles. The lowest BCUT2D eigenvalue weighted by molar-refractivity contribution is -0.120. The number of carbonyl (C=O) groups excluding carboxylic acids is 1. The van der Waals surface area contributed by atoms with Gasteiger partial charge in [0, 0.05) is 6.54 Å². The van der Waals surface area contributed by atoms with Crippen LogP contribution >= 0.6 is 0 Å². The third-order valence-electron chi connectivity index (χ3n) is 1.73. The monoisotopic (exact) mass is 159 g/mol. The van der Waals surface area contributed by atoms with Crippen LogP contribution in [-0.2, 0) is 4.79 Å². The first-order valence-electron chi connectivity index (χ1n) is 3.77. The van der Waals surface area contributed by atoms with Crippen molar-refractivity contribution in [3.8, 4) is 0 Å². The van der Waals surface area contributed by atoms with Gasteiger partial charge in [-0.3, -0.25) is 4.79 Å². The third-order valence-corrected chi connectivity index (χ3v) is 1.73. The second kappa shape index (κ2) is 5.09. The molecule has 0 aliphatic carbocycles. The second-order valence-corrected chi connectivity index (χ2v) is 2.60. The Bertz CT molecular complexity index is 127. The molecule has 0 radical (unpaired) electrons. The Labute approximate surface area is 67.7 Å². The van der Waals surface area contributed by atoms with Crippen LogP contribution in [0, 0.1) is 0 Å². The van der Waals surface area contributed by atoms with Crippen LogP contribution in [-0.4, -0.2) is 44.0 Å². The number of amides is 1. The van der Waals surface area contributed by atoms with Gasteiger partial charge in [-0.1, -0.05) is 6.92 Å². The number of hydrogen-bond donors (Lipinski definition) is 2. The fourth-order valence-electron chi connectivity index (χ4n) is 0.764. The first-order valence-corrected chi connectivity index (χ1v) is 3.77. The third kappa shape index (κ3) is 3.95. The molecule has 0 aliphatic heterocycles. The van der Waals surface area contributed by atoms with Gasteiger partial charge in [0.25, 0.3) is 0 Å². The molecule has 0 aliphatic rings. The zero-order chi connectivity index (χ0) is 8.85. The number of nitrogens with one attached hydrogen (secondary N) is 1. The van der Waals surface area contributed by atoms with Crippen molar-refractivity contribution >= 4 is 5.91 Å². The highest BCUT2D eigenvalue weighted by molar-refractivity contribution is 5.80. The van der Waals surface area contributed by atoms with Gasteiger partial charge in [0.15, 0.2) is 0 Å². The molecule has 0 rings (SSSR count). The number of rotatable bonds is 5. The standard InChI is InChI=1S/C7H17N3O/c1-4-10(3)5-6(9-2)7(8)11/h6,9H,4-5H2,1-3H3,(H2,8,11). The molecule has 11 heavy (non-hydrogen) atoms.